The van der Waals surface area contributed by atoms with Crippen LogP contribution in [0.4, 0.5) is 0 Å². The Morgan fingerprint density at radius 1 is 1.00 bits per heavy atom. The van der Waals surface area contributed by atoms with Crippen molar-refractivity contribution in [3.63, 3.8) is 0 Å². The molecule has 0 radical (unpaired) electrons. The molecule has 0 saturated heterocycles. The fourth-order valence-electron chi connectivity index (χ4n) is 2.92. The van der Waals surface area contributed by atoms with E-state index in [1.165, 1.54) is 6.08 Å². The molecule has 5 heteroatoms. The number of nitrogens with one attached hydrogen (secondary N) is 2. The van der Waals surface area contributed by atoms with Crippen LogP contribution >= 0.6 is 0 Å². The number of benzene rings is 3. The third kappa shape index (κ3) is 5.69. The van der Waals surface area contributed by atoms with Crippen LogP contribution in [0.5, 0.6) is 5.75 Å². The predicted octanol–water partition coefficient (Wildman–Crippen LogP) is 3.68. The molecule has 2 amide bonds. The van der Waals surface area contributed by atoms with Crippen molar-refractivity contribution in [1.82, 2.24) is 10.6 Å². The minimum absolute atomic E-state index is 0.235. The molecular formula is C24H24N2O3. The van der Waals surface area contributed by atoms with Gasteiger partial charge in [0.15, 0.2) is 0 Å². The smallest absolute Gasteiger partial charge is 0.244 e. The number of hydrogen-bond donors (Lipinski definition) is 2. The van der Waals surface area contributed by atoms with E-state index in [-0.39, 0.29) is 11.8 Å². The zero-order valence-corrected chi connectivity index (χ0v) is 16.5. The van der Waals surface area contributed by atoms with Gasteiger partial charge in [-0.2, -0.15) is 0 Å². The predicted molar refractivity (Wildman–Crippen MR) is 115 cm³/mol. The molecular weight excluding hydrogens is 364 g/mol. The second-order valence-electron chi connectivity index (χ2n) is 6.74. The summed E-state index contributed by atoms with van der Waals surface area (Å²) in [7, 11) is 1.64. The Bertz CT molecular complexity index is 1030. The second-order valence-corrected chi connectivity index (χ2v) is 6.74. The van der Waals surface area contributed by atoms with Crippen molar-refractivity contribution in [3.05, 3.63) is 83.9 Å². The summed E-state index contributed by atoms with van der Waals surface area (Å²) >= 11 is 0. The summed E-state index contributed by atoms with van der Waals surface area (Å²) in [6.07, 6.45) is 3.14. The van der Waals surface area contributed by atoms with Crippen molar-refractivity contribution in [1.29, 1.82) is 0 Å². The lowest BCUT2D eigenvalue weighted by molar-refractivity contribution is -0.126. The molecule has 0 bridgehead atoms. The Hall–Kier alpha value is -3.60. The van der Waals surface area contributed by atoms with E-state index in [0.717, 1.165) is 27.6 Å². The molecule has 5 nitrogen and oxygen atoms in total. The van der Waals surface area contributed by atoms with Crippen LogP contribution in [0.25, 0.3) is 16.8 Å². The van der Waals surface area contributed by atoms with Gasteiger partial charge in [-0.15, -0.1) is 0 Å². The molecule has 29 heavy (non-hydrogen) atoms. The van der Waals surface area contributed by atoms with Crippen molar-refractivity contribution < 1.29 is 14.3 Å². The fraction of sp³-hybridized carbons (Fsp3) is 0.167. The molecule has 0 aliphatic rings. The van der Waals surface area contributed by atoms with Gasteiger partial charge in [-0.1, -0.05) is 48.5 Å². The molecule has 0 aromatic heterocycles. The fourth-order valence-corrected chi connectivity index (χ4v) is 2.92. The number of hydrogen-bond acceptors (Lipinski definition) is 3. The van der Waals surface area contributed by atoms with Crippen molar-refractivity contribution in [2.45, 2.75) is 19.5 Å². The lowest BCUT2D eigenvalue weighted by Crippen LogP contribution is -2.44. The summed E-state index contributed by atoms with van der Waals surface area (Å²) in [6, 6.07) is 20.7. The maximum atomic E-state index is 12.3. The third-order valence-corrected chi connectivity index (χ3v) is 4.56. The van der Waals surface area contributed by atoms with Crippen LogP contribution in [-0.2, 0) is 16.1 Å². The molecule has 3 rings (SSSR count). The Morgan fingerprint density at radius 3 is 2.48 bits per heavy atom. The van der Waals surface area contributed by atoms with Gasteiger partial charge in [0.1, 0.15) is 11.8 Å². The van der Waals surface area contributed by atoms with Crippen molar-refractivity contribution in [3.8, 4) is 5.75 Å². The Labute approximate surface area is 170 Å². The highest BCUT2D eigenvalue weighted by Crippen LogP contribution is 2.21. The van der Waals surface area contributed by atoms with Crippen LogP contribution in [0, 0.1) is 0 Å². The van der Waals surface area contributed by atoms with Crippen molar-refractivity contribution >= 4 is 28.7 Å². The third-order valence-electron chi connectivity index (χ3n) is 4.56. The summed E-state index contributed by atoms with van der Waals surface area (Å²) in [6.45, 7) is 2.05. The SMILES string of the molecule is COc1ccc2cc(CNC(=O)C(C)NC(=O)/C=C/c3ccccc3)ccc2c1. The van der Waals surface area contributed by atoms with E-state index < -0.39 is 6.04 Å². The van der Waals surface area contributed by atoms with E-state index in [9.17, 15) is 9.59 Å². The van der Waals surface area contributed by atoms with E-state index >= 15 is 0 Å². The molecule has 1 atom stereocenters. The van der Waals surface area contributed by atoms with Gasteiger partial charge in [0.25, 0.3) is 0 Å². The first-order valence-electron chi connectivity index (χ1n) is 9.43. The average Bonchev–Trinajstić information content (AvgIpc) is 2.76. The minimum Gasteiger partial charge on any atom is -0.497 e. The lowest BCUT2D eigenvalue weighted by Gasteiger charge is -2.13. The van der Waals surface area contributed by atoms with E-state index in [4.69, 9.17) is 4.74 Å². The maximum absolute atomic E-state index is 12.3. The highest BCUT2D eigenvalue weighted by atomic mass is 16.5. The first kappa shape index (κ1) is 20.1. The zero-order chi connectivity index (χ0) is 20.6. The molecule has 0 saturated carbocycles. The lowest BCUT2D eigenvalue weighted by atomic mass is 10.1. The summed E-state index contributed by atoms with van der Waals surface area (Å²) in [4.78, 5) is 24.3. The highest BCUT2D eigenvalue weighted by molar-refractivity contribution is 5.95. The van der Waals surface area contributed by atoms with Crippen LogP contribution < -0.4 is 15.4 Å². The van der Waals surface area contributed by atoms with E-state index in [1.807, 2.05) is 66.7 Å². The van der Waals surface area contributed by atoms with Crippen molar-refractivity contribution in [2.75, 3.05) is 7.11 Å². The normalized spacial score (nSPS) is 11.9. The van der Waals surface area contributed by atoms with Gasteiger partial charge in [-0.25, -0.2) is 0 Å². The van der Waals surface area contributed by atoms with Gasteiger partial charge < -0.3 is 15.4 Å². The molecule has 3 aromatic carbocycles. The number of methoxy groups -OCH3 is 1. The number of ether oxygens (including phenoxy) is 1. The summed E-state index contributed by atoms with van der Waals surface area (Å²) in [5.41, 5.74) is 1.91. The molecule has 0 heterocycles. The standard InChI is InChI=1S/C24H24N2O3/c1-17(26-23(27)13-9-18-6-4-3-5-7-18)24(28)25-16-19-8-10-21-15-22(29-2)12-11-20(21)14-19/h3-15,17H,16H2,1-2H3,(H,25,28)(H,26,27)/b13-9+. The molecule has 1 unspecified atom stereocenters. The van der Waals surface area contributed by atoms with E-state index in [2.05, 4.69) is 10.6 Å². The van der Waals surface area contributed by atoms with Gasteiger partial charge in [0, 0.05) is 12.6 Å². The number of carbonyl (C=O) groups is 2. The zero-order valence-electron chi connectivity index (χ0n) is 16.5. The van der Waals surface area contributed by atoms with Crippen LogP contribution in [-0.4, -0.2) is 25.0 Å². The topological polar surface area (TPSA) is 67.4 Å². The number of carbonyl (C=O) groups excluding carboxylic acids is 2. The summed E-state index contributed by atoms with van der Waals surface area (Å²) in [5.74, 6) is 0.266. The van der Waals surface area contributed by atoms with Gasteiger partial charge in [0.05, 0.1) is 7.11 Å². The van der Waals surface area contributed by atoms with Crippen LogP contribution in [0.2, 0.25) is 0 Å². The largest absolute Gasteiger partial charge is 0.497 e. The molecule has 0 spiro atoms. The molecule has 0 fully saturated rings. The quantitative estimate of drug-likeness (QED) is 0.607. The Morgan fingerprint density at radius 2 is 1.72 bits per heavy atom. The van der Waals surface area contributed by atoms with Crippen LogP contribution in [0.3, 0.4) is 0 Å². The van der Waals surface area contributed by atoms with Gasteiger partial charge >= 0.3 is 0 Å². The van der Waals surface area contributed by atoms with Gasteiger partial charge in [0.2, 0.25) is 11.8 Å². The molecule has 148 valence electrons. The molecule has 0 aliphatic carbocycles. The van der Waals surface area contributed by atoms with Crippen LogP contribution in [0.1, 0.15) is 18.1 Å². The van der Waals surface area contributed by atoms with Crippen LogP contribution in [0.15, 0.2) is 72.8 Å². The van der Waals surface area contributed by atoms with Crippen molar-refractivity contribution in [2.24, 2.45) is 0 Å². The Kier molecular flexibility index (Phi) is 6.63. The van der Waals surface area contributed by atoms with E-state index in [0.29, 0.717) is 6.54 Å². The first-order chi connectivity index (χ1) is 14.0. The monoisotopic (exact) mass is 388 g/mol. The van der Waals surface area contributed by atoms with E-state index in [1.54, 1.807) is 20.1 Å². The number of amides is 2. The molecule has 3 aromatic rings. The summed E-state index contributed by atoms with van der Waals surface area (Å²) < 4.78 is 5.24. The van der Waals surface area contributed by atoms with Gasteiger partial charge in [-0.05, 0) is 53.1 Å². The minimum atomic E-state index is -0.632. The van der Waals surface area contributed by atoms with Gasteiger partial charge in [-0.3, -0.25) is 9.59 Å². The number of rotatable bonds is 7. The average molecular weight is 388 g/mol. The molecule has 2 N–H and O–H groups in total. The highest BCUT2D eigenvalue weighted by Gasteiger charge is 2.14. The Balaban J connectivity index is 1.52. The summed E-state index contributed by atoms with van der Waals surface area (Å²) in [5, 5.41) is 7.69. The maximum Gasteiger partial charge on any atom is 0.244 e. The first-order valence-corrected chi connectivity index (χ1v) is 9.43. The number of fused-ring (bicyclic) bond motifs is 1. The molecule has 0 aliphatic heterocycles. The second kappa shape index (κ2) is 9.55.